The minimum Gasteiger partial charge on any atom is -0.463 e. The topological polar surface area (TPSA) is 231 Å². The van der Waals surface area contributed by atoms with Gasteiger partial charge in [0.25, 0.3) is 0 Å². The van der Waals surface area contributed by atoms with E-state index in [2.05, 4.69) is 191 Å². The van der Waals surface area contributed by atoms with E-state index in [9.17, 15) is 43.5 Å². The standard InChI is InChI=1S/C105H180O16P2/c1-4-7-10-13-16-19-22-25-28-31-34-37-40-43-46-48-49-51-54-55-58-61-64-67-70-73-76-79-82-85-88-91-103(108)115-94-100(106)95-117-122(111,112)118-96-101(107)97-119-123(113,114)120-99-102(121-105(110)93-90-87-84-81-78-75-72-69-66-63-60-57-52-45-42-39-36-33-30-27-24-21-18-15-12-9-6-3)98-116-104(109)92-89-86-83-80-77-74-71-68-65-62-59-56-53-50-47-44-41-38-35-32-29-26-23-20-17-14-11-8-5-2/h8,11,16-21,25-30,34-39,43-47,52-53,56,100-102,106-107H,4-7,9-10,12-15,22-24,31-33,40-42,48-51,54-55,57-99H2,1-3H3,(H,111,112)(H,113,114)/b11-8-,19-16-,20-17-,21-18-,28-25-,29-26-,30-27-,37-34-,38-35-,39-36-,46-43-,47-44-,52-45-,56-53-. The van der Waals surface area contributed by atoms with Crippen molar-refractivity contribution < 1.29 is 75.8 Å². The average molecular weight is 1760 g/mol. The maximum absolute atomic E-state index is 13.1. The van der Waals surface area contributed by atoms with Crippen LogP contribution in [0.3, 0.4) is 0 Å². The van der Waals surface area contributed by atoms with Crippen LogP contribution in [0, 0.1) is 0 Å². The highest BCUT2D eigenvalue weighted by molar-refractivity contribution is 7.47. The van der Waals surface area contributed by atoms with Gasteiger partial charge in [-0.25, -0.2) is 9.13 Å². The molecule has 5 unspecified atom stereocenters. The van der Waals surface area contributed by atoms with Gasteiger partial charge in [-0.3, -0.25) is 32.5 Å². The maximum Gasteiger partial charge on any atom is 0.472 e. The van der Waals surface area contributed by atoms with Crippen LogP contribution in [0.4, 0.5) is 0 Å². The zero-order valence-corrected chi connectivity index (χ0v) is 79.9. The number of unbranched alkanes of at least 4 members (excludes halogenated alkanes) is 42. The highest BCUT2D eigenvalue weighted by atomic mass is 31.2. The van der Waals surface area contributed by atoms with Crippen molar-refractivity contribution in [3.63, 3.8) is 0 Å². The van der Waals surface area contributed by atoms with E-state index >= 15 is 0 Å². The molecule has 0 saturated carbocycles. The minimum absolute atomic E-state index is 0.0956. The fraction of sp³-hybridized carbons (Fsp3) is 0.705. The molecule has 0 saturated heterocycles. The van der Waals surface area contributed by atoms with Gasteiger partial charge in [-0.2, -0.15) is 0 Å². The molecule has 0 fully saturated rings. The third-order valence-electron chi connectivity index (χ3n) is 20.9. The molecule has 0 bridgehead atoms. The normalized spacial score (nSPS) is 14.4. The summed E-state index contributed by atoms with van der Waals surface area (Å²) >= 11 is 0. The van der Waals surface area contributed by atoms with Crippen LogP contribution in [-0.2, 0) is 55.8 Å². The van der Waals surface area contributed by atoms with Crippen molar-refractivity contribution in [2.24, 2.45) is 0 Å². The zero-order chi connectivity index (χ0) is 89.3. The molecule has 0 radical (unpaired) electrons. The van der Waals surface area contributed by atoms with E-state index in [-0.39, 0.29) is 19.3 Å². The Balaban J connectivity index is 4.64. The number of aliphatic hydroxyl groups is 2. The number of phosphoric ester groups is 2. The van der Waals surface area contributed by atoms with Gasteiger partial charge < -0.3 is 34.2 Å². The highest BCUT2D eigenvalue weighted by Crippen LogP contribution is 2.45. The van der Waals surface area contributed by atoms with Crippen LogP contribution in [0.1, 0.15) is 419 Å². The predicted molar refractivity (Wildman–Crippen MR) is 519 cm³/mol. The van der Waals surface area contributed by atoms with Crippen molar-refractivity contribution >= 4 is 33.6 Å². The number of carbonyl (C=O) groups excluding carboxylic acids is 3. The number of aliphatic hydroxyl groups excluding tert-OH is 2. The summed E-state index contributed by atoms with van der Waals surface area (Å²) in [6.07, 6.45) is 125. The molecule has 0 amide bonds. The first-order valence-corrected chi connectivity index (χ1v) is 52.4. The Morgan fingerprint density at radius 3 is 0.683 bits per heavy atom. The SMILES string of the molecule is CC/C=C\C/C=C\C/C=C\C/C=C\C/C=C\C/C=C\CCCCCCCCCCCCC(=O)OCC(COP(=O)(O)OCC(O)COP(=O)(O)OCC(O)COC(=O)CCCCCCCCCCCCCCCCC/C=C\C/C=C\C/C=C\C/C=C\CCCCC)OC(=O)CCCCCCCCCCCCC/C=C\C/C=C\C/C=C\C/C=C\CCCCC. The molecule has 0 aliphatic rings. The Kier molecular flexibility index (Phi) is 92.0. The van der Waals surface area contributed by atoms with Crippen molar-refractivity contribution in [3.05, 3.63) is 170 Å². The lowest BCUT2D eigenvalue weighted by molar-refractivity contribution is -0.161. The molecule has 18 heteroatoms. The number of hydrogen-bond acceptors (Lipinski definition) is 14. The van der Waals surface area contributed by atoms with Crippen molar-refractivity contribution in [2.75, 3.05) is 39.6 Å². The van der Waals surface area contributed by atoms with E-state index in [4.69, 9.17) is 32.3 Å². The van der Waals surface area contributed by atoms with Gasteiger partial charge in [0.15, 0.2) is 6.10 Å². The molecular formula is C105H180O16P2. The van der Waals surface area contributed by atoms with Crippen LogP contribution in [0.5, 0.6) is 0 Å². The summed E-state index contributed by atoms with van der Waals surface area (Å²) in [5.41, 5.74) is 0. The first kappa shape index (κ1) is 118. The lowest BCUT2D eigenvalue weighted by Crippen LogP contribution is -2.30. The third kappa shape index (κ3) is 97.4. The van der Waals surface area contributed by atoms with Crippen LogP contribution >= 0.6 is 15.6 Å². The molecule has 16 nitrogen and oxygen atoms in total. The highest BCUT2D eigenvalue weighted by Gasteiger charge is 2.30. The van der Waals surface area contributed by atoms with Crippen molar-refractivity contribution in [2.45, 2.75) is 437 Å². The molecule has 0 aromatic rings. The fourth-order valence-corrected chi connectivity index (χ4v) is 15.0. The Bertz CT molecular complexity index is 2920. The first-order chi connectivity index (χ1) is 60.2. The molecule has 0 aliphatic carbocycles. The van der Waals surface area contributed by atoms with Gasteiger partial charge in [0.2, 0.25) is 0 Å². The molecule has 0 rings (SSSR count). The number of carbonyl (C=O) groups is 3. The van der Waals surface area contributed by atoms with Crippen LogP contribution in [0.25, 0.3) is 0 Å². The van der Waals surface area contributed by atoms with Crippen LogP contribution < -0.4 is 0 Å². The molecule has 0 heterocycles. The Hall–Kier alpha value is -5.09. The summed E-state index contributed by atoms with van der Waals surface area (Å²) in [6, 6.07) is 0. The molecule has 0 aliphatic heterocycles. The zero-order valence-electron chi connectivity index (χ0n) is 78.1. The van der Waals surface area contributed by atoms with E-state index in [1.54, 1.807) is 0 Å². The summed E-state index contributed by atoms with van der Waals surface area (Å²) in [5.74, 6) is -1.57. The van der Waals surface area contributed by atoms with Gasteiger partial charge in [-0.15, -0.1) is 0 Å². The number of ether oxygens (including phenoxy) is 3. The molecule has 0 spiro atoms. The lowest BCUT2D eigenvalue weighted by atomic mass is 10.0. The van der Waals surface area contributed by atoms with Crippen molar-refractivity contribution in [3.8, 4) is 0 Å². The maximum atomic E-state index is 13.1. The lowest BCUT2D eigenvalue weighted by Gasteiger charge is -2.21. The van der Waals surface area contributed by atoms with Crippen LogP contribution in [0.15, 0.2) is 170 Å². The smallest absolute Gasteiger partial charge is 0.463 e. The Labute approximate surface area is 752 Å². The largest absolute Gasteiger partial charge is 0.472 e. The number of phosphoric acid groups is 2. The minimum atomic E-state index is -4.95. The van der Waals surface area contributed by atoms with E-state index in [1.165, 1.54) is 199 Å². The van der Waals surface area contributed by atoms with Gasteiger partial charge >= 0.3 is 33.6 Å². The Morgan fingerprint density at radius 1 is 0.236 bits per heavy atom. The van der Waals surface area contributed by atoms with Gasteiger partial charge in [-0.05, 0) is 161 Å². The van der Waals surface area contributed by atoms with E-state index in [0.29, 0.717) is 19.3 Å². The molecule has 123 heavy (non-hydrogen) atoms. The number of allylic oxidation sites excluding steroid dienone is 28. The van der Waals surface area contributed by atoms with Gasteiger partial charge in [0, 0.05) is 19.3 Å². The van der Waals surface area contributed by atoms with E-state index < -0.39 is 91.5 Å². The number of hydrogen-bond donors (Lipinski definition) is 4. The third-order valence-corrected chi connectivity index (χ3v) is 22.8. The molecule has 4 N–H and O–H groups in total. The van der Waals surface area contributed by atoms with Gasteiger partial charge in [0.1, 0.15) is 25.4 Å². The Morgan fingerprint density at radius 2 is 0.431 bits per heavy atom. The molecular weight excluding hydrogens is 1580 g/mol. The van der Waals surface area contributed by atoms with Crippen molar-refractivity contribution in [1.82, 2.24) is 0 Å². The van der Waals surface area contributed by atoms with Crippen LogP contribution in [-0.4, -0.2) is 95.9 Å². The van der Waals surface area contributed by atoms with E-state index in [1.807, 2.05) is 0 Å². The predicted octanol–water partition coefficient (Wildman–Crippen LogP) is 31.0. The summed E-state index contributed by atoms with van der Waals surface area (Å²) < 4.78 is 61.6. The number of esters is 3. The summed E-state index contributed by atoms with van der Waals surface area (Å²) in [6.45, 7) is 2.57. The summed E-state index contributed by atoms with van der Waals surface area (Å²) in [7, 11) is -9.82. The van der Waals surface area contributed by atoms with Crippen LogP contribution in [0.2, 0.25) is 0 Å². The molecule has 706 valence electrons. The number of rotatable bonds is 93. The molecule has 0 aromatic carbocycles. The fourth-order valence-electron chi connectivity index (χ4n) is 13.4. The molecule has 0 aromatic heterocycles. The van der Waals surface area contributed by atoms with Crippen molar-refractivity contribution in [1.29, 1.82) is 0 Å². The second-order valence-electron chi connectivity index (χ2n) is 32.8. The molecule has 5 atom stereocenters. The van der Waals surface area contributed by atoms with E-state index in [0.717, 1.165) is 161 Å². The van der Waals surface area contributed by atoms with Gasteiger partial charge in [0.05, 0.1) is 26.4 Å². The second-order valence-corrected chi connectivity index (χ2v) is 35.7. The monoisotopic (exact) mass is 1760 g/mol. The quantitative estimate of drug-likeness (QED) is 0.0146. The first-order valence-electron chi connectivity index (χ1n) is 49.4. The summed E-state index contributed by atoms with van der Waals surface area (Å²) in [5, 5.41) is 20.8. The summed E-state index contributed by atoms with van der Waals surface area (Å²) in [4.78, 5) is 59.2. The average Bonchev–Trinajstić information content (AvgIpc) is 0.898. The van der Waals surface area contributed by atoms with Gasteiger partial charge in [-0.1, -0.05) is 409 Å². The second kappa shape index (κ2) is 96.0.